The second kappa shape index (κ2) is 7.21. The van der Waals surface area contributed by atoms with Crippen LogP contribution in [0.4, 0.5) is 5.69 Å². The second-order valence-electron chi connectivity index (χ2n) is 4.10. The van der Waals surface area contributed by atoms with Crippen molar-refractivity contribution in [1.82, 2.24) is 5.43 Å². The number of hydrazone groups is 1. The molecule has 0 bridgehead atoms. The molecular weight excluding hydrogens is 338 g/mol. The molecule has 0 aliphatic heterocycles. The van der Waals surface area contributed by atoms with Gasteiger partial charge in [0.15, 0.2) is 0 Å². The lowest BCUT2D eigenvalue weighted by Crippen LogP contribution is -2.26. The number of anilines is 1. The first-order valence-corrected chi connectivity index (χ1v) is 7.63. The van der Waals surface area contributed by atoms with Gasteiger partial charge in [0, 0.05) is 10.6 Å². The Morgan fingerprint density at radius 1 is 1.35 bits per heavy atom. The molecular formula is C14H14BrN3OS. The lowest BCUT2D eigenvalue weighted by Gasteiger charge is -2.07. The fraction of sp³-hybridized carbons (Fsp3) is 0.143. The zero-order valence-corrected chi connectivity index (χ0v) is 13.3. The van der Waals surface area contributed by atoms with Gasteiger partial charge >= 0.3 is 0 Å². The molecule has 1 amide bonds. The van der Waals surface area contributed by atoms with Crippen LogP contribution in [0.25, 0.3) is 0 Å². The van der Waals surface area contributed by atoms with Crippen LogP contribution in [-0.2, 0) is 4.79 Å². The molecule has 104 valence electrons. The minimum absolute atomic E-state index is 0.180. The van der Waals surface area contributed by atoms with Crippen LogP contribution in [0.2, 0.25) is 0 Å². The standard InChI is InChI=1S/C14H14BrN3OS/c1-10-4-2-3-5-12(10)16-9-14(19)18-17-8-11-6-7-13(15)20-11/h2-8,16H,9H2,1H3,(H,18,19)/b17-8-. The van der Waals surface area contributed by atoms with E-state index in [0.717, 1.165) is 19.9 Å². The van der Waals surface area contributed by atoms with Crippen LogP contribution in [0.15, 0.2) is 45.3 Å². The zero-order chi connectivity index (χ0) is 14.4. The highest BCUT2D eigenvalue weighted by atomic mass is 79.9. The lowest BCUT2D eigenvalue weighted by molar-refractivity contribution is -0.119. The Balaban J connectivity index is 1.78. The summed E-state index contributed by atoms with van der Waals surface area (Å²) in [4.78, 5) is 12.6. The van der Waals surface area contributed by atoms with Gasteiger partial charge in [-0.25, -0.2) is 5.43 Å². The number of hydrogen-bond donors (Lipinski definition) is 2. The number of carbonyl (C=O) groups excluding carboxylic acids is 1. The normalized spacial score (nSPS) is 10.7. The molecule has 0 unspecified atom stereocenters. The van der Waals surface area contributed by atoms with Crippen molar-refractivity contribution in [3.8, 4) is 0 Å². The number of thiophene rings is 1. The summed E-state index contributed by atoms with van der Waals surface area (Å²) in [6.07, 6.45) is 1.63. The SMILES string of the molecule is Cc1ccccc1NCC(=O)N/N=C\c1ccc(Br)s1. The smallest absolute Gasteiger partial charge is 0.259 e. The van der Waals surface area contributed by atoms with E-state index in [9.17, 15) is 4.79 Å². The van der Waals surface area contributed by atoms with Crippen molar-refractivity contribution >= 4 is 45.1 Å². The first kappa shape index (κ1) is 14.7. The van der Waals surface area contributed by atoms with E-state index in [2.05, 4.69) is 31.8 Å². The molecule has 6 heteroatoms. The van der Waals surface area contributed by atoms with E-state index in [4.69, 9.17) is 0 Å². The molecule has 20 heavy (non-hydrogen) atoms. The minimum atomic E-state index is -0.180. The van der Waals surface area contributed by atoms with Gasteiger partial charge in [0.2, 0.25) is 0 Å². The van der Waals surface area contributed by atoms with Crippen LogP contribution in [0, 0.1) is 6.92 Å². The Kier molecular flexibility index (Phi) is 5.31. The van der Waals surface area contributed by atoms with E-state index in [1.807, 2.05) is 43.3 Å². The van der Waals surface area contributed by atoms with Gasteiger partial charge in [-0.3, -0.25) is 4.79 Å². The molecule has 0 saturated heterocycles. The number of halogens is 1. The van der Waals surface area contributed by atoms with Gasteiger partial charge in [0.05, 0.1) is 16.5 Å². The molecule has 0 radical (unpaired) electrons. The Morgan fingerprint density at radius 3 is 2.85 bits per heavy atom. The number of benzene rings is 1. The molecule has 0 saturated carbocycles. The minimum Gasteiger partial charge on any atom is -0.376 e. The summed E-state index contributed by atoms with van der Waals surface area (Å²) in [5, 5.41) is 6.99. The number of nitrogens with one attached hydrogen (secondary N) is 2. The van der Waals surface area contributed by atoms with Gasteiger partial charge in [-0.2, -0.15) is 5.10 Å². The van der Waals surface area contributed by atoms with Gasteiger partial charge in [-0.15, -0.1) is 11.3 Å². The first-order chi connectivity index (χ1) is 9.65. The van der Waals surface area contributed by atoms with E-state index in [-0.39, 0.29) is 12.5 Å². The number of aryl methyl sites for hydroxylation is 1. The van der Waals surface area contributed by atoms with Crippen LogP contribution in [0.5, 0.6) is 0 Å². The molecule has 0 atom stereocenters. The molecule has 2 aromatic rings. The van der Waals surface area contributed by atoms with Gasteiger partial charge < -0.3 is 5.32 Å². The fourth-order valence-corrected chi connectivity index (χ4v) is 2.85. The Bertz CT molecular complexity index is 624. The fourth-order valence-electron chi connectivity index (χ4n) is 1.55. The number of carbonyl (C=O) groups is 1. The van der Waals surface area contributed by atoms with E-state index in [1.54, 1.807) is 17.6 Å². The van der Waals surface area contributed by atoms with E-state index in [1.165, 1.54) is 0 Å². The van der Waals surface area contributed by atoms with Crippen molar-refractivity contribution in [2.75, 3.05) is 11.9 Å². The molecule has 0 aliphatic carbocycles. The number of para-hydroxylation sites is 1. The number of hydrogen-bond acceptors (Lipinski definition) is 4. The predicted molar refractivity (Wildman–Crippen MR) is 87.4 cm³/mol. The van der Waals surface area contributed by atoms with Crippen LogP contribution in [0.1, 0.15) is 10.4 Å². The number of amides is 1. The zero-order valence-electron chi connectivity index (χ0n) is 10.9. The van der Waals surface area contributed by atoms with Crippen molar-refractivity contribution in [3.63, 3.8) is 0 Å². The van der Waals surface area contributed by atoms with Gasteiger partial charge in [-0.1, -0.05) is 18.2 Å². The molecule has 0 spiro atoms. The van der Waals surface area contributed by atoms with E-state index >= 15 is 0 Å². The van der Waals surface area contributed by atoms with Gasteiger partial charge in [-0.05, 0) is 46.6 Å². The van der Waals surface area contributed by atoms with Crippen molar-refractivity contribution in [3.05, 3.63) is 50.6 Å². The maximum absolute atomic E-state index is 11.6. The van der Waals surface area contributed by atoms with Gasteiger partial charge in [0.25, 0.3) is 5.91 Å². The molecule has 4 nitrogen and oxygen atoms in total. The largest absolute Gasteiger partial charge is 0.376 e. The highest BCUT2D eigenvalue weighted by molar-refractivity contribution is 9.11. The maximum atomic E-state index is 11.6. The summed E-state index contributed by atoms with van der Waals surface area (Å²) in [6, 6.07) is 11.7. The van der Waals surface area contributed by atoms with Gasteiger partial charge in [0.1, 0.15) is 0 Å². The molecule has 0 aliphatic rings. The first-order valence-electron chi connectivity index (χ1n) is 6.02. The number of nitrogens with zero attached hydrogens (tertiary/aromatic N) is 1. The van der Waals surface area contributed by atoms with Crippen molar-refractivity contribution in [1.29, 1.82) is 0 Å². The summed E-state index contributed by atoms with van der Waals surface area (Å²) < 4.78 is 1.03. The molecule has 2 rings (SSSR count). The molecule has 2 N–H and O–H groups in total. The third kappa shape index (κ3) is 4.47. The Morgan fingerprint density at radius 2 is 2.15 bits per heavy atom. The van der Waals surface area contributed by atoms with Crippen molar-refractivity contribution in [2.45, 2.75) is 6.92 Å². The quantitative estimate of drug-likeness (QED) is 0.640. The topological polar surface area (TPSA) is 53.5 Å². The van der Waals surface area contributed by atoms with Crippen molar-refractivity contribution in [2.24, 2.45) is 5.10 Å². The van der Waals surface area contributed by atoms with Crippen LogP contribution < -0.4 is 10.7 Å². The average molecular weight is 352 g/mol. The summed E-state index contributed by atoms with van der Waals surface area (Å²) in [6.45, 7) is 2.18. The molecule has 1 aromatic carbocycles. The predicted octanol–water partition coefficient (Wildman–Crippen LogP) is 3.38. The highest BCUT2D eigenvalue weighted by Gasteiger charge is 2.01. The summed E-state index contributed by atoms with van der Waals surface area (Å²) in [5.41, 5.74) is 4.55. The maximum Gasteiger partial charge on any atom is 0.259 e. The van der Waals surface area contributed by atoms with Crippen molar-refractivity contribution < 1.29 is 4.79 Å². The highest BCUT2D eigenvalue weighted by Crippen LogP contribution is 2.20. The monoisotopic (exact) mass is 351 g/mol. The molecule has 1 heterocycles. The Labute approximate surface area is 130 Å². The summed E-state index contributed by atoms with van der Waals surface area (Å²) >= 11 is 4.92. The van der Waals surface area contributed by atoms with E-state index in [0.29, 0.717) is 0 Å². The van der Waals surface area contributed by atoms with Crippen LogP contribution in [-0.4, -0.2) is 18.7 Å². The lowest BCUT2D eigenvalue weighted by atomic mass is 10.2. The molecule has 0 fully saturated rings. The van der Waals surface area contributed by atoms with Crippen LogP contribution in [0.3, 0.4) is 0 Å². The average Bonchev–Trinajstić information content (AvgIpc) is 2.83. The second-order valence-corrected chi connectivity index (χ2v) is 6.60. The summed E-state index contributed by atoms with van der Waals surface area (Å²) in [7, 11) is 0. The van der Waals surface area contributed by atoms with Crippen LogP contribution >= 0.6 is 27.3 Å². The Hall–Kier alpha value is -1.66. The third-order valence-corrected chi connectivity index (χ3v) is 4.12. The summed E-state index contributed by atoms with van der Waals surface area (Å²) in [5.74, 6) is -0.180. The van der Waals surface area contributed by atoms with E-state index < -0.39 is 0 Å². The molecule has 1 aromatic heterocycles. The number of rotatable bonds is 5. The third-order valence-electron chi connectivity index (χ3n) is 2.56.